The summed E-state index contributed by atoms with van der Waals surface area (Å²) in [6, 6.07) is 3.51. The Morgan fingerprint density at radius 3 is 3.00 bits per heavy atom. The minimum Gasteiger partial charge on any atom is -0.466 e. The zero-order valence-corrected chi connectivity index (χ0v) is 11.7. The summed E-state index contributed by atoms with van der Waals surface area (Å²) in [5.74, 6) is 0.621. The summed E-state index contributed by atoms with van der Waals surface area (Å²) in [6.07, 6.45) is 0.394. The molecule has 7 N–H and O–H groups in total. The van der Waals surface area contributed by atoms with Crippen molar-refractivity contribution in [3.05, 3.63) is 24.2 Å². The molecule has 1 fully saturated rings. The highest BCUT2D eigenvalue weighted by Crippen LogP contribution is 2.38. The molecule has 0 aliphatic carbocycles. The van der Waals surface area contributed by atoms with Crippen LogP contribution in [0.15, 0.2) is 27.8 Å². The number of nitrogens with two attached hydrogens (primary N) is 1. The molecule has 3 rings (SSSR count). The van der Waals surface area contributed by atoms with E-state index < -0.39 is 32.0 Å². The van der Waals surface area contributed by atoms with E-state index in [9.17, 15) is 4.57 Å². The summed E-state index contributed by atoms with van der Waals surface area (Å²) in [5, 5.41) is 8.94. The van der Waals surface area contributed by atoms with Crippen molar-refractivity contribution in [1.29, 1.82) is 0 Å². The summed E-state index contributed by atoms with van der Waals surface area (Å²) in [5.41, 5.74) is 4.79. The van der Waals surface area contributed by atoms with Crippen LogP contribution >= 0.6 is 7.60 Å². The van der Waals surface area contributed by atoms with E-state index in [0.29, 0.717) is 5.76 Å². The molecule has 4 unspecified atom stereocenters. The Morgan fingerprint density at radius 2 is 2.33 bits per heavy atom. The van der Waals surface area contributed by atoms with Gasteiger partial charge in [-0.05, 0) is 12.1 Å². The summed E-state index contributed by atoms with van der Waals surface area (Å²) in [4.78, 5) is 22.1. The first-order valence-electron chi connectivity index (χ1n) is 6.20. The summed E-state index contributed by atoms with van der Waals surface area (Å²) in [6.45, 7) is 0. The second-order valence-corrected chi connectivity index (χ2v) is 6.40. The van der Waals surface area contributed by atoms with Gasteiger partial charge in [0.25, 0.3) is 0 Å². The molecule has 4 atom stereocenters. The van der Waals surface area contributed by atoms with E-state index >= 15 is 0 Å². The molecule has 2 aliphatic rings. The van der Waals surface area contributed by atoms with Crippen LogP contribution in [0.5, 0.6) is 0 Å². The maximum absolute atomic E-state index is 11.0. The lowest BCUT2D eigenvalue weighted by molar-refractivity contribution is -0.108. The minimum absolute atomic E-state index is 0.385. The molecule has 3 heterocycles. The monoisotopic (exact) mass is 317 g/mol. The molecule has 2 aliphatic heterocycles. The SMILES string of the molecule is NC1NC(c2ccco2)NC2N=CNC12OCP(=O)(O)O. The van der Waals surface area contributed by atoms with E-state index in [1.807, 2.05) is 0 Å². The fourth-order valence-electron chi connectivity index (χ4n) is 2.36. The molecule has 1 aromatic rings. The number of hydrogen-bond donors (Lipinski definition) is 6. The van der Waals surface area contributed by atoms with Gasteiger partial charge in [-0.25, -0.2) is 0 Å². The second kappa shape index (κ2) is 5.18. The van der Waals surface area contributed by atoms with Crippen LogP contribution in [-0.2, 0) is 9.30 Å². The Hall–Kier alpha value is -1.26. The van der Waals surface area contributed by atoms with Crippen LogP contribution in [0.1, 0.15) is 11.9 Å². The molecule has 10 nitrogen and oxygen atoms in total. The van der Waals surface area contributed by atoms with Crippen molar-refractivity contribution < 1.29 is 23.5 Å². The number of rotatable bonds is 4. The van der Waals surface area contributed by atoms with Gasteiger partial charge in [0.15, 0.2) is 12.5 Å². The highest BCUT2D eigenvalue weighted by Gasteiger charge is 2.53. The van der Waals surface area contributed by atoms with Gasteiger partial charge in [0.2, 0.25) is 5.72 Å². The van der Waals surface area contributed by atoms with Crippen molar-refractivity contribution in [1.82, 2.24) is 16.0 Å². The molecule has 21 heavy (non-hydrogen) atoms. The summed E-state index contributed by atoms with van der Waals surface area (Å²) >= 11 is 0. The largest absolute Gasteiger partial charge is 0.466 e. The predicted octanol–water partition coefficient (Wildman–Crippen LogP) is -1.44. The summed E-state index contributed by atoms with van der Waals surface area (Å²) < 4.78 is 21.7. The molecule has 0 aromatic carbocycles. The fourth-order valence-corrected chi connectivity index (χ4v) is 2.74. The predicted molar refractivity (Wildman–Crippen MR) is 71.8 cm³/mol. The van der Waals surface area contributed by atoms with E-state index in [1.165, 1.54) is 12.6 Å². The van der Waals surface area contributed by atoms with Gasteiger partial charge in [0, 0.05) is 0 Å². The van der Waals surface area contributed by atoms with Crippen molar-refractivity contribution in [2.45, 2.75) is 24.2 Å². The van der Waals surface area contributed by atoms with E-state index in [0.717, 1.165) is 0 Å². The average molecular weight is 317 g/mol. The Morgan fingerprint density at radius 1 is 1.52 bits per heavy atom. The fraction of sp³-hybridized carbons (Fsp3) is 0.500. The molecule has 0 saturated carbocycles. The molecular formula is C10H16N5O5P. The van der Waals surface area contributed by atoms with Gasteiger partial charge in [0.05, 0.1) is 12.6 Å². The van der Waals surface area contributed by atoms with Gasteiger partial charge >= 0.3 is 7.60 Å². The normalized spacial score (nSPS) is 35.5. The van der Waals surface area contributed by atoms with Crippen LogP contribution in [0.2, 0.25) is 0 Å². The van der Waals surface area contributed by atoms with Crippen LogP contribution in [0.4, 0.5) is 0 Å². The van der Waals surface area contributed by atoms with Crippen LogP contribution < -0.4 is 21.7 Å². The second-order valence-electron chi connectivity index (χ2n) is 4.82. The van der Waals surface area contributed by atoms with Gasteiger partial charge < -0.3 is 30.0 Å². The van der Waals surface area contributed by atoms with Gasteiger partial charge in [-0.2, -0.15) is 0 Å². The highest BCUT2D eigenvalue weighted by atomic mass is 31.2. The molecule has 1 aromatic heterocycles. The van der Waals surface area contributed by atoms with E-state index in [1.54, 1.807) is 12.1 Å². The third-order valence-corrected chi connectivity index (χ3v) is 3.82. The Labute approximate surface area is 119 Å². The molecule has 116 valence electrons. The molecule has 1 saturated heterocycles. The lowest BCUT2D eigenvalue weighted by Gasteiger charge is -2.45. The van der Waals surface area contributed by atoms with Crippen molar-refractivity contribution in [3.63, 3.8) is 0 Å². The molecule has 0 spiro atoms. The number of aliphatic imine (C=N–C) groups is 1. The number of fused-ring (bicyclic) bond motifs is 1. The average Bonchev–Trinajstić information content (AvgIpc) is 3.05. The lowest BCUT2D eigenvalue weighted by atomic mass is 10.0. The van der Waals surface area contributed by atoms with E-state index in [-0.39, 0.29) is 6.17 Å². The first kappa shape index (κ1) is 14.7. The van der Waals surface area contributed by atoms with Crippen molar-refractivity contribution >= 4 is 13.9 Å². The molecule has 0 amide bonds. The smallest absolute Gasteiger partial charge is 0.351 e. The Balaban J connectivity index is 1.78. The Kier molecular flexibility index (Phi) is 3.62. The van der Waals surface area contributed by atoms with Crippen LogP contribution in [0.25, 0.3) is 0 Å². The van der Waals surface area contributed by atoms with E-state index in [2.05, 4.69) is 20.9 Å². The van der Waals surface area contributed by atoms with Crippen LogP contribution in [0.3, 0.4) is 0 Å². The highest BCUT2D eigenvalue weighted by molar-refractivity contribution is 7.51. The third kappa shape index (κ3) is 2.74. The number of nitrogens with zero attached hydrogens (tertiary/aromatic N) is 1. The number of furan rings is 1. The summed E-state index contributed by atoms with van der Waals surface area (Å²) in [7, 11) is -4.32. The topological polar surface area (TPSA) is 154 Å². The van der Waals surface area contributed by atoms with Gasteiger partial charge in [0.1, 0.15) is 18.1 Å². The minimum atomic E-state index is -4.32. The number of hydrogen-bond acceptors (Lipinski definition) is 8. The van der Waals surface area contributed by atoms with Gasteiger partial charge in [-0.1, -0.05) is 0 Å². The Bertz CT molecular complexity index is 574. The maximum atomic E-state index is 11.0. The van der Waals surface area contributed by atoms with Crippen molar-refractivity contribution in [2.24, 2.45) is 10.7 Å². The van der Waals surface area contributed by atoms with Crippen LogP contribution in [0, 0.1) is 0 Å². The molecule has 11 heteroatoms. The van der Waals surface area contributed by atoms with Gasteiger partial charge in [-0.15, -0.1) is 0 Å². The molecule has 0 bridgehead atoms. The van der Waals surface area contributed by atoms with Crippen molar-refractivity contribution in [3.8, 4) is 0 Å². The first-order chi connectivity index (χ1) is 9.91. The lowest BCUT2D eigenvalue weighted by Crippen LogP contribution is -2.76. The van der Waals surface area contributed by atoms with Crippen LogP contribution in [-0.4, -0.2) is 40.5 Å². The number of ether oxygens (including phenoxy) is 1. The zero-order valence-electron chi connectivity index (χ0n) is 10.8. The van der Waals surface area contributed by atoms with E-state index in [4.69, 9.17) is 24.7 Å². The van der Waals surface area contributed by atoms with Gasteiger partial charge in [-0.3, -0.25) is 20.2 Å². The van der Waals surface area contributed by atoms with Crippen molar-refractivity contribution in [2.75, 3.05) is 6.35 Å². The standard InChI is InChI=1S/C10H16N5O5P/c11-8-10(20-5-21(16,17)18)9(12-4-13-10)15-7(14-8)6-2-1-3-19-6/h1-4,7-9,14-15H,5,11H2,(H,12,13)(H2,16,17,18). The quantitative estimate of drug-likeness (QED) is 0.366. The first-order valence-corrected chi connectivity index (χ1v) is 7.99. The molecule has 0 radical (unpaired) electrons. The number of nitrogens with one attached hydrogen (secondary N) is 3. The third-order valence-electron chi connectivity index (χ3n) is 3.35. The molecular weight excluding hydrogens is 301 g/mol. The maximum Gasteiger partial charge on any atom is 0.351 e. The zero-order chi connectivity index (χ0) is 15.1.